The smallest absolute Gasteiger partial charge is 1.00 e. The predicted molar refractivity (Wildman–Crippen MR) is 58.7 cm³/mol. The summed E-state index contributed by atoms with van der Waals surface area (Å²) in [6, 6.07) is 5.40. The van der Waals surface area contributed by atoms with Crippen LogP contribution in [0.15, 0.2) is 36.5 Å². The fourth-order valence-corrected chi connectivity index (χ4v) is 1.24. The van der Waals surface area contributed by atoms with Crippen molar-refractivity contribution in [2.75, 3.05) is 0 Å². The summed E-state index contributed by atoms with van der Waals surface area (Å²) in [6.07, 6.45) is 1.08. The van der Waals surface area contributed by atoms with Gasteiger partial charge in [-0.3, -0.25) is 0 Å². The number of carboxylic acid groups (broad SMARTS) is 1. The molecular formula is C12H8F2NNaO3. The number of carbonyl (C=O) groups is 1. The maximum Gasteiger partial charge on any atom is 1.00 e. The van der Waals surface area contributed by atoms with Gasteiger partial charge in [-0.2, -0.15) is 0 Å². The predicted octanol–water partition coefficient (Wildman–Crippen LogP) is -0.0332. The van der Waals surface area contributed by atoms with Crippen molar-refractivity contribution in [1.29, 1.82) is 0 Å². The van der Waals surface area contributed by atoms with E-state index in [4.69, 9.17) is 9.84 Å². The number of hydrogen-bond donors (Lipinski definition) is 1. The fourth-order valence-electron chi connectivity index (χ4n) is 1.24. The van der Waals surface area contributed by atoms with Crippen LogP contribution in [0.5, 0.6) is 11.6 Å². The fraction of sp³-hybridized carbons (Fsp3) is 0. The molecule has 1 aromatic heterocycles. The van der Waals surface area contributed by atoms with Crippen LogP contribution >= 0.6 is 0 Å². The van der Waals surface area contributed by atoms with Gasteiger partial charge in [0.25, 0.3) is 0 Å². The van der Waals surface area contributed by atoms with Crippen LogP contribution in [0.1, 0.15) is 11.8 Å². The van der Waals surface area contributed by atoms with E-state index in [0.717, 1.165) is 18.3 Å². The van der Waals surface area contributed by atoms with Gasteiger partial charge in [-0.15, -0.1) is 0 Å². The monoisotopic (exact) mass is 275 g/mol. The van der Waals surface area contributed by atoms with E-state index in [0.29, 0.717) is 6.07 Å². The molecule has 7 heteroatoms. The van der Waals surface area contributed by atoms with Crippen molar-refractivity contribution in [2.45, 2.75) is 0 Å². The first-order chi connectivity index (χ1) is 8.56. The molecule has 1 N–H and O–H groups in total. The second-order valence-electron chi connectivity index (χ2n) is 3.37. The molecule has 0 fully saturated rings. The number of halogens is 2. The third kappa shape index (κ3) is 3.99. The van der Waals surface area contributed by atoms with Crippen molar-refractivity contribution < 1.29 is 54.4 Å². The normalized spacial score (nSPS) is 9.58. The van der Waals surface area contributed by atoms with Crippen molar-refractivity contribution >= 4 is 5.97 Å². The molecule has 0 atom stereocenters. The quantitative estimate of drug-likeness (QED) is 0.799. The average Bonchev–Trinajstić information content (AvgIpc) is 2.33. The zero-order valence-corrected chi connectivity index (χ0v) is 11.9. The summed E-state index contributed by atoms with van der Waals surface area (Å²) in [5.41, 5.74) is -0.0121. The first kappa shape index (κ1) is 15.6. The van der Waals surface area contributed by atoms with E-state index >= 15 is 0 Å². The number of rotatable bonds is 3. The summed E-state index contributed by atoms with van der Waals surface area (Å²) in [6.45, 7) is 0. The molecule has 0 aliphatic heterocycles. The molecule has 0 bridgehead atoms. The Bertz CT molecular complexity index is 596. The molecule has 0 aliphatic carbocycles. The zero-order chi connectivity index (χ0) is 13.1. The van der Waals surface area contributed by atoms with Gasteiger partial charge < -0.3 is 11.3 Å². The Labute approximate surface area is 130 Å². The molecule has 0 unspecified atom stereocenters. The van der Waals surface area contributed by atoms with Crippen LogP contribution in [0, 0.1) is 11.6 Å². The summed E-state index contributed by atoms with van der Waals surface area (Å²) in [7, 11) is 0. The van der Waals surface area contributed by atoms with Crippen LogP contribution in [-0.2, 0) is 0 Å². The molecular weight excluding hydrogens is 267 g/mol. The van der Waals surface area contributed by atoms with E-state index in [1.807, 2.05) is 0 Å². The largest absolute Gasteiger partial charge is 1.00 e. The van der Waals surface area contributed by atoms with Gasteiger partial charge >= 0.3 is 35.5 Å². The third-order valence-corrected chi connectivity index (χ3v) is 2.09. The minimum atomic E-state index is -1.12. The van der Waals surface area contributed by atoms with Gasteiger partial charge in [0.15, 0.2) is 11.6 Å². The van der Waals surface area contributed by atoms with E-state index in [9.17, 15) is 13.6 Å². The van der Waals surface area contributed by atoms with Gasteiger partial charge in [-0.25, -0.2) is 18.6 Å². The van der Waals surface area contributed by atoms with Gasteiger partial charge in [0, 0.05) is 18.3 Å². The van der Waals surface area contributed by atoms with Crippen molar-refractivity contribution in [2.24, 2.45) is 0 Å². The van der Waals surface area contributed by atoms with Crippen LogP contribution in [0.2, 0.25) is 0 Å². The molecule has 2 aromatic rings. The van der Waals surface area contributed by atoms with Crippen LogP contribution in [0.25, 0.3) is 0 Å². The molecule has 0 saturated carbocycles. The molecule has 2 rings (SSSR count). The maximum absolute atomic E-state index is 13.3. The SMILES string of the molecule is O=C(O)c1ccc(Oc2ccc(F)cc2F)nc1.[H-].[Na+]. The van der Waals surface area contributed by atoms with Crippen LogP contribution in [0.4, 0.5) is 8.78 Å². The van der Waals surface area contributed by atoms with Gasteiger partial charge in [0.05, 0.1) is 5.56 Å². The molecule has 1 heterocycles. The minimum absolute atomic E-state index is 0. The Balaban J connectivity index is 0.00000180. The Hall–Kier alpha value is -1.50. The maximum atomic E-state index is 13.3. The van der Waals surface area contributed by atoms with Crippen molar-refractivity contribution in [1.82, 2.24) is 4.98 Å². The van der Waals surface area contributed by atoms with E-state index in [1.165, 1.54) is 12.1 Å². The van der Waals surface area contributed by atoms with Crippen LogP contribution in [-0.4, -0.2) is 16.1 Å². The van der Waals surface area contributed by atoms with Gasteiger partial charge in [0.2, 0.25) is 5.88 Å². The molecule has 0 radical (unpaired) electrons. The molecule has 94 valence electrons. The van der Waals surface area contributed by atoms with Crippen molar-refractivity contribution in [3.05, 3.63) is 53.7 Å². The topological polar surface area (TPSA) is 59.4 Å². The summed E-state index contributed by atoms with van der Waals surface area (Å²) in [5.74, 6) is -2.87. The molecule has 0 saturated heterocycles. The molecule has 0 amide bonds. The first-order valence-corrected chi connectivity index (χ1v) is 4.88. The summed E-state index contributed by atoms with van der Waals surface area (Å²) in [5, 5.41) is 8.66. The number of nitrogens with zero attached hydrogens (tertiary/aromatic N) is 1. The minimum Gasteiger partial charge on any atom is -1.00 e. The Kier molecular flexibility index (Phi) is 5.41. The number of benzene rings is 1. The first-order valence-electron chi connectivity index (χ1n) is 4.88. The molecule has 4 nitrogen and oxygen atoms in total. The molecule has 1 aromatic carbocycles. The third-order valence-electron chi connectivity index (χ3n) is 2.09. The van der Waals surface area contributed by atoms with Gasteiger partial charge in [0.1, 0.15) is 5.82 Å². The Morgan fingerprint density at radius 1 is 1.26 bits per heavy atom. The molecule has 0 aliphatic rings. The number of hydrogen-bond acceptors (Lipinski definition) is 3. The van der Waals surface area contributed by atoms with E-state index in [2.05, 4.69) is 4.98 Å². The van der Waals surface area contributed by atoms with Crippen molar-refractivity contribution in [3.63, 3.8) is 0 Å². The molecule has 0 spiro atoms. The van der Waals surface area contributed by atoms with Crippen molar-refractivity contribution in [3.8, 4) is 11.6 Å². The number of aromatic nitrogens is 1. The Morgan fingerprint density at radius 3 is 2.53 bits per heavy atom. The molecule has 19 heavy (non-hydrogen) atoms. The number of ether oxygens (including phenoxy) is 1. The standard InChI is InChI=1S/C12H7F2NO3.Na.H/c13-8-2-3-10(9(14)5-8)18-11-4-1-7(6-15-11)12(16)17;;/h1-6H,(H,16,17);;/q;+1;-1. The second-order valence-corrected chi connectivity index (χ2v) is 3.37. The van der Waals surface area contributed by atoms with Crippen LogP contribution < -0.4 is 34.3 Å². The number of pyridine rings is 1. The summed E-state index contributed by atoms with van der Waals surface area (Å²) < 4.78 is 31.0. The summed E-state index contributed by atoms with van der Waals surface area (Å²) in [4.78, 5) is 14.3. The zero-order valence-electron chi connectivity index (χ0n) is 10.9. The number of carboxylic acids is 1. The van der Waals surface area contributed by atoms with E-state index in [1.54, 1.807) is 0 Å². The van der Waals surface area contributed by atoms with E-state index < -0.39 is 17.6 Å². The Morgan fingerprint density at radius 2 is 2.00 bits per heavy atom. The van der Waals surface area contributed by atoms with Crippen LogP contribution in [0.3, 0.4) is 0 Å². The number of aromatic carboxylic acids is 1. The van der Waals surface area contributed by atoms with Gasteiger partial charge in [-0.1, -0.05) is 0 Å². The summed E-state index contributed by atoms with van der Waals surface area (Å²) >= 11 is 0. The van der Waals surface area contributed by atoms with Gasteiger partial charge in [-0.05, 0) is 18.2 Å². The van der Waals surface area contributed by atoms with E-state index in [-0.39, 0.29) is 48.2 Å². The second kappa shape index (κ2) is 6.60. The average molecular weight is 275 g/mol.